The highest BCUT2D eigenvalue weighted by Gasteiger charge is 2.22. The molecule has 0 saturated heterocycles. The number of nitrogens with one attached hydrogen (secondary N) is 1. The van der Waals surface area contributed by atoms with E-state index in [0.29, 0.717) is 12.4 Å². The van der Waals surface area contributed by atoms with Gasteiger partial charge in [-0.2, -0.15) is 0 Å². The second-order valence-electron chi connectivity index (χ2n) is 4.38. The molecule has 1 aliphatic rings. The van der Waals surface area contributed by atoms with Crippen molar-refractivity contribution in [3.8, 4) is 0 Å². The molecular weight excluding hydrogens is 244 g/mol. The minimum atomic E-state index is 0.680. The minimum Gasteiger partial charge on any atom is -0.347 e. The number of hydrogen-bond acceptors (Lipinski definition) is 7. The summed E-state index contributed by atoms with van der Waals surface area (Å²) in [6.07, 6.45) is 4.11. The second-order valence-corrected chi connectivity index (χ2v) is 4.38. The van der Waals surface area contributed by atoms with E-state index in [1.165, 1.54) is 6.33 Å². The average Bonchev–Trinajstić information content (AvgIpc) is 2.93. The van der Waals surface area contributed by atoms with Gasteiger partial charge < -0.3 is 14.9 Å². The highest BCUT2D eigenvalue weighted by atomic mass is 15.3. The molecule has 0 unspecified atom stereocenters. The summed E-state index contributed by atoms with van der Waals surface area (Å²) in [5, 5.41) is 8.05. The van der Waals surface area contributed by atoms with Gasteiger partial charge in [0.1, 0.15) is 24.3 Å². The Morgan fingerprint density at radius 2 is 2.26 bits per heavy atom. The summed E-state index contributed by atoms with van der Waals surface area (Å²) in [7, 11) is 0. The monoisotopic (exact) mass is 260 g/mol. The van der Waals surface area contributed by atoms with Crippen LogP contribution < -0.4 is 16.2 Å². The molecule has 0 atom stereocenters. The normalized spacial score (nSPS) is 14.3. The molecule has 8 heteroatoms. The zero-order chi connectivity index (χ0) is 13.2. The predicted molar refractivity (Wildman–Crippen MR) is 70.3 cm³/mol. The van der Waals surface area contributed by atoms with Crippen LogP contribution in [0, 0.1) is 0 Å². The van der Waals surface area contributed by atoms with E-state index < -0.39 is 0 Å². The zero-order valence-electron chi connectivity index (χ0n) is 10.7. The van der Waals surface area contributed by atoms with Crippen molar-refractivity contribution >= 4 is 11.6 Å². The molecule has 0 radical (unpaired) electrons. The number of aromatic nitrogens is 5. The van der Waals surface area contributed by atoms with Crippen LogP contribution in [0.3, 0.4) is 0 Å². The fourth-order valence-electron chi connectivity index (χ4n) is 2.37. The molecule has 2 aromatic heterocycles. The van der Waals surface area contributed by atoms with Crippen molar-refractivity contribution in [1.29, 1.82) is 0 Å². The summed E-state index contributed by atoms with van der Waals surface area (Å²) in [6.45, 7) is 4.50. The van der Waals surface area contributed by atoms with E-state index in [0.717, 1.165) is 36.7 Å². The van der Waals surface area contributed by atoms with Gasteiger partial charge in [-0.1, -0.05) is 6.92 Å². The lowest BCUT2D eigenvalue weighted by atomic mass is 10.2. The van der Waals surface area contributed by atoms with E-state index in [1.807, 2.05) is 0 Å². The highest BCUT2D eigenvalue weighted by Crippen LogP contribution is 2.25. The molecular formula is C11H16N8. The van der Waals surface area contributed by atoms with Gasteiger partial charge in [0.2, 0.25) is 0 Å². The van der Waals surface area contributed by atoms with Gasteiger partial charge >= 0.3 is 0 Å². The Hall–Kier alpha value is -2.22. The fraction of sp³-hybridized carbons (Fsp3) is 0.455. The topological polar surface area (TPSA) is 97.8 Å². The smallest absolute Gasteiger partial charge is 0.152 e. The fourth-order valence-corrected chi connectivity index (χ4v) is 2.37. The van der Waals surface area contributed by atoms with Gasteiger partial charge in [-0.25, -0.2) is 15.8 Å². The number of anilines is 2. The average molecular weight is 260 g/mol. The van der Waals surface area contributed by atoms with Crippen molar-refractivity contribution in [2.45, 2.75) is 26.4 Å². The third-order valence-corrected chi connectivity index (χ3v) is 3.35. The molecule has 100 valence electrons. The van der Waals surface area contributed by atoms with Crippen molar-refractivity contribution < 1.29 is 0 Å². The van der Waals surface area contributed by atoms with Crippen molar-refractivity contribution in [3.05, 3.63) is 24.0 Å². The molecule has 0 aliphatic carbocycles. The van der Waals surface area contributed by atoms with Crippen LogP contribution in [0.1, 0.15) is 18.3 Å². The number of fused-ring (bicyclic) bond motifs is 1. The van der Waals surface area contributed by atoms with Crippen molar-refractivity contribution in [3.63, 3.8) is 0 Å². The highest BCUT2D eigenvalue weighted by molar-refractivity contribution is 5.58. The maximum atomic E-state index is 5.50. The third kappa shape index (κ3) is 1.99. The van der Waals surface area contributed by atoms with Gasteiger partial charge in [-0.05, 0) is 6.42 Å². The first kappa shape index (κ1) is 11.8. The number of hydrogen-bond donors (Lipinski definition) is 2. The lowest BCUT2D eigenvalue weighted by Crippen LogP contribution is -2.35. The molecule has 0 fully saturated rings. The molecule has 0 bridgehead atoms. The van der Waals surface area contributed by atoms with Crippen LogP contribution in [0.4, 0.5) is 11.6 Å². The number of nitrogen functional groups attached to an aromatic ring is 1. The Kier molecular flexibility index (Phi) is 3.00. The molecule has 0 aromatic carbocycles. The van der Waals surface area contributed by atoms with Crippen LogP contribution in [0.25, 0.3) is 0 Å². The van der Waals surface area contributed by atoms with Gasteiger partial charge in [0.15, 0.2) is 5.82 Å². The molecule has 0 saturated carbocycles. The van der Waals surface area contributed by atoms with E-state index in [2.05, 4.69) is 42.0 Å². The van der Waals surface area contributed by atoms with Gasteiger partial charge in [-0.3, -0.25) is 0 Å². The standard InChI is InChI=1S/C11H16N8/c1-2-8-10(16-12)13-6-14-11(8)18-3-4-19-7-15-17-9(19)5-18/h6-7H,2-5,12H2,1H3,(H,13,14,16). The second kappa shape index (κ2) is 4.81. The molecule has 1 aliphatic heterocycles. The molecule has 19 heavy (non-hydrogen) atoms. The number of rotatable bonds is 3. The van der Waals surface area contributed by atoms with Gasteiger partial charge in [0.05, 0.1) is 6.54 Å². The lowest BCUT2D eigenvalue weighted by Gasteiger charge is -2.29. The summed E-state index contributed by atoms with van der Waals surface area (Å²) in [6, 6.07) is 0. The summed E-state index contributed by atoms with van der Waals surface area (Å²) in [5.41, 5.74) is 3.66. The Labute approximate surface area is 110 Å². The van der Waals surface area contributed by atoms with E-state index >= 15 is 0 Å². The zero-order valence-corrected chi connectivity index (χ0v) is 10.7. The van der Waals surface area contributed by atoms with E-state index in [-0.39, 0.29) is 0 Å². The molecule has 8 nitrogen and oxygen atoms in total. The first-order chi connectivity index (χ1) is 9.33. The van der Waals surface area contributed by atoms with Crippen LogP contribution in [0.2, 0.25) is 0 Å². The molecule has 3 N–H and O–H groups in total. The van der Waals surface area contributed by atoms with Crippen LogP contribution in [-0.4, -0.2) is 31.3 Å². The van der Waals surface area contributed by atoms with Gasteiger partial charge in [0, 0.05) is 18.7 Å². The molecule has 2 aromatic rings. The van der Waals surface area contributed by atoms with Crippen LogP contribution in [-0.2, 0) is 19.5 Å². The summed E-state index contributed by atoms with van der Waals surface area (Å²) in [4.78, 5) is 10.7. The summed E-state index contributed by atoms with van der Waals surface area (Å²) < 4.78 is 2.06. The van der Waals surface area contributed by atoms with Crippen LogP contribution in [0.15, 0.2) is 12.7 Å². The Morgan fingerprint density at radius 3 is 3.05 bits per heavy atom. The number of nitrogens with zero attached hydrogens (tertiary/aromatic N) is 6. The van der Waals surface area contributed by atoms with Crippen LogP contribution >= 0.6 is 0 Å². The SMILES string of the molecule is CCc1c(NN)ncnc1N1CCn2cnnc2C1. The summed E-state index contributed by atoms with van der Waals surface area (Å²) >= 11 is 0. The van der Waals surface area contributed by atoms with E-state index in [1.54, 1.807) is 6.33 Å². The minimum absolute atomic E-state index is 0.680. The lowest BCUT2D eigenvalue weighted by molar-refractivity contribution is 0.554. The first-order valence-corrected chi connectivity index (χ1v) is 6.25. The first-order valence-electron chi connectivity index (χ1n) is 6.25. The van der Waals surface area contributed by atoms with Crippen molar-refractivity contribution in [2.24, 2.45) is 5.84 Å². The van der Waals surface area contributed by atoms with Gasteiger partial charge in [-0.15, -0.1) is 10.2 Å². The summed E-state index contributed by atoms with van der Waals surface area (Å²) in [5.74, 6) is 8.05. The van der Waals surface area contributed by atoms with Crippen molar-refractivity contribution in [2.75, 3.05) is 16.9 Å². The van der Waals surface area contributed by atoms with Crippen LogP contribution in [0.5, 0.6) is 0 Å². The van der Waals surface area contributed by atoms with Crippen molar-refractivity contribution in [1.82, 2.24) is 24.7 Å². The number of hydrazine groups is 1. The molecule has 3 heterocycles. The van der Waals surface area contributed by atoms with E-state index in [9.17, 15) is 0 Å². The Morgan fingerprint density at radius 1 is 1.37 bits per heavy atom. The quantitative estimate of drug-likeness (QED) is 0.589. The number of nitrogens with two attached hydrogens (primary N) is 1. The molecule has 0 spiro atoms. The maximum Gasteiger partial charge on any atom is 0.152 e. The Balaban J connectivity index is 1.95. The van der Waals surface area contributed by atoms with Gasteiger partial charge in [0.25, 0.3) is 0 Å². The maximum absolute atomic E-state index is 5.50. The largest absolute Gasteiger partial charge is 0.347 e. The Bertz CT molecular complexity index is 578. The third-order valence-electron chi connectivity index (χ3n) is 3.35. The predicted octanol–water partition coefficient (Wildman–Crippen LogP) is -0.0637. The molecule has 0 amide bonds. The van der Waals surface area contributed by atoms with E-state index in [4.69, 9.17) is 5.84 Å². The molecule has 3 rings (SSSR count).